The Morgan fingerprint density at radius 2 is 2.31 bits per heavy atom. The fourth-order valence-corrected chi connectivity index (χ4v) is 1.32. The van der Waals surface area contributed by atoms with Gasteiger partial charge in [0.2, 0.25) is 5.88 Å². The van der Waals surface area contributed by atoms with Gasteiger partial charge in [0.05, 0.1) is 12.7 Å². The van der Waals surface area contributed by atoms with Crippen molar-refractivity contribution in [3.63, 3.8) is 0 Å². The standard InChI is InChI=1S/C10H18N4O2/c1-7(3-4-15)12-5-8-9(11)13-6-14-10(8)16-2/h6-7,12,15H,3-5H2,1-2H3,(H2,11,13,14). The SMILES string of the molecule is COc1ncnc(N)c1CNC(C)CCO. The largest absolute Gasteiger partial charge is 0.481 e. The quantitative estimate of drug-likeness (QED) is 0.628. The Kier molecular flexibility index (Phi) is 4.94. The third kappa shape index (κ3) is 3.32. The molecule has 90 valence electrons. The van der Waals surface area contributed by atoms with Gasteiger partial charge in [0.1, 0.15) is 12.1 Å². The Morgan fingerprint density at radius 3 is 2.94 bits per heavy atom. The van der Waals surface area contributed by atoms with Crippen LogP contribution in [0.4, 0.5) is 5.82 Å². The number of nitrogen functional groups attached to an aromatic ring is 1. The molecule has 1 atom stereocenters. The Bertz CT molecular complexity index is 333. The first-order valence-corrected chi connectivity index (χ1v) is 5.16. The minimum absolute atomic E-state index is 0.159. The van der Waals surface area contributed by atoms with Crippen LogP contribution in [0.5, 0.6) is 5.88 Å². The summed E-state index contributed by atoms with van der Waals surface area (Å²) in [5, 5.41) is 12.0. The molecule has 0 aromatic carbocycles. The average molecular weight is 226 g/mol. The van der Waals surface area contributed by atoms with Crippen molar-refractivity contribution in [2.75, 3.05) is 19.5 Å². The van der Waals surface area contributed by atoms with E-state index in [0.717, 1.165) is 5.56 Å². The van der Waals surface area contributed by atoms with E-state index in [1.807, 2.05) is 6.92 Å². The maximum absolute atomic E-state index is 8.78. The van der Waals surface area contributed by atoms with Gasteiger partial charge in [0.15, 0.2) is 0 Å². The zero-order chi connectivity index (χ0) is 12.0. The summed E-state index contributed by atoms with van der Waals surface area (Å²) >= 11 is 0. The predicted octanol–water partition coefficient (Wildman–Crippen LogP) is -0.0721. The predicted molar refractivity (Wildman–Crippen MR) is 61.0 cm³/mol. The zero-order valence-electron chi connectivity index (χ0n) is 9.60. The average Bonchev–Trinajstić information content (AvgIpc) is 2.27. The molecule has 0 radical (unpaired) electrons. The van der Waals surface area contributed by atoms with Crippen LogP contribution in [-0.2, 0) is 6.54 Å². The van der Waals surface area contributed by atoms with Crippen molar-refractivity contribution in [1.29, 1.82) is 0 Å². The number of hydrogen-bond donors (Lipinski definition) is 3. The molecule has 6 heteroatoms. The fraction of sp³-hybridized carbons (Fsp3) is 0.600. The maximum Gasteiger partial charge on any atom is 0.222 e. The first-order chi connectivity index (χ1) is 7.69. The van der Waals surface area contributed by atoms with Gasteiger partial charge in [-0.05, 0) is 13.3 Å². The highest BCUT2D eigenvalue weighted by Crippen LogP contribution is 2.18. The number of anilines is 1. The summed E-state index contributed by atoms with van der Waals surface area (Å²) in [4.78, 5) is 7.89. The van der Waals surface area contributed by atoms with Crippen molar-refractivity contribution in [3.05, 3.63) is 11.9 Å². The van der Waals surface area contributed by atoms with Crippen molar-refractivity contribution in [3.8, 4) is 5.88 Å². The Hall–Kier alpha value is -1.40. The van der Waals surface area contributed by atoms with Crippen molar-refractivity contribution >= 4 is 5.82 Å². The summed E-state index contributed by atoms with van der Waals surface area (Å²) in [6, 6.07) is 0.203. The van der Waals surface area contributed by atoms with Crippen molar-refractivity contribution in [2.24, 2.45) is 0 Å². The molecular weight excluding hydrogens is 208 g/mol. The van der Waals surface area contributed by atoms with Crippen LogP contribution in [0.15, 0.2) is 6.33 Å². The van der Waals surface area contributed by atoms with Crippen LogP contribution >= 0.6 is 0 Å². The molecule has 0 saturated carbocycles. The van der Waals surface area contributed by atoms with E-state index < -0.39 is 0 Å². The van der Waals surface area contributed by atoms with Gasteiger partial charge in [-0.1, -0.05) is 0 Å². The Balaban J connectivity index is 2.65. The molecule has 1 aromatic rings. The van der Waals surface area contributed by atoms with Crippen LogP contribution in [0.25, 0.3) is 0 Å². The smallest absolute Gasteiger partial charge is 0.222 e. The van der Waals surface area contributed by atoms with Crippen molar-refractivity contribution in [1.82, 2.24) is 15.3 Å². The van der Waals surface area contributed by atoms with E-state index in [1.165, 1.54) is 6.33 Å². The minimum Gasteiger partial charge on any atom is -0.481 e. The molecule has 0 aliphatic heterocycles. The lowest BCUT2D eigenvalue weighted by Crippen LogP contribution is -2.27. The highest BCUT2D eigenvalue weighted by molar-refractivity contribution is 5.44. The summed E-state index contributed by atoms with van der Waals surface area (Å²) in [6.45, 7) is 2.67. The van der Waals surface area contributed by atoms with Gasteiger partial charge in [-0.15, -0.1) is 0 Å². The zero-order valence-corrected chi connectivity index (χ0v) is 9.60. The van der Waals surface area contributed by atoms with Gasteiger partial charge in [0, 0.05) is 19.2 Å². The van der Waals surface area contributed by atoms with E-state index in [0.29, 0.717) is 24.7 Å². The molecule has 0 bridgehead atoms. The highest BCUT2D eigenvalue weighted by Gasteiger charge is 2.10. The molecule has 16 heavy (non-hydrogen) atoms. The van der Waals surface area contributed by atoms with Gasteiger partial charge in [-0.2, -0.15) is 0 Å². The number of nitrogens with one attached hydrogen (secondary N) is 1. The first kappa shape index (κ1) is 12.7. The third-order valence-electron chi connectivity index (χ3n) is 2.32. The van der Waals surface area contributed by atoms with Crippen LogP contribution in [0.2, 0.25) is 0 Å². The number of nitrogens with zero attached hydrogens (tertiary/aromatic N) is 2. The lowest BCUT2D eigenvalue weighted by atomic mass is 10.2. The molecule has 0 spiro atoms. The van der Waals surface area contributed by atoms with Crippen LogP contribution in [0.1, 0.15) is 18.9 Å². The number of rotatable bonds is 6. The van der Waals surface area contributed by atoms with E-state index in [4.69, 9.17) is 15.6 Å². The van der Waals surface area contributed by atoms with Gasteiger partial charge in [-0.3, -0.25) is 0 Å². The topological polar surface area (TPSA) is 93.3 Å². The Morgan fingerprint density at radius 1 is 1.56 bits per heavy atom. The second-order valence-electron chi connectivity index (χ2n) is 3.54. The number of aliphatic hydroxyl groups excluding tert-OH is 1. The first-order valence-electron chi connectivity index (χ1n) is 5.16. The summed E-state index contributed by atoms with van der Waals surface area (Å²) in [5.74, 6) is 0.895. The summed E-state index contributed by atoms with van der Waals surface area (Å²) in [5.41, 5.74) is 6.48. The molecule has 0 fully saturated rings. The summed E-state index contributed by atoms with van der Waals surface area (Å²) < 4.78 is 5.10. The second kappa shape index (κ2) is 6.24. The van der Waals surface area contributed by atoms with Gasteiger partial charge in [0.25, 0.3) is 0 Å². The van der Waals surface area contributed by atoms with Crippen molar-refractivity contribution in [2.45, 2.75) is 25.9 Å². The maximum atomic E-state index is 8.78. The molecule has 6 nitrogen and oxygen atoms in total. The van der Waals surface area contributed by atoms with Crippen molar-refractivity contribution < 1.29 is 9.84 Å². The third-order valence-corrected chi connectivity index (χ3v) is 2.32. The van der Waals surface area contributed by atoms with E-state index in [1.54, 1.807) is 7.11 Å². The number of ether oxygens (including phenoxy) is 1. The number of nitrogens with two attached hydrogens (primary N) is 1. The molecule has 1 aromatic heterocycles. The number of methoxy groups -OCH3 is 1. The molecule has 1 unspecified atom stereocenters. The molecule has 0 amide bonds. The van der Waals surface area contributed by atoms with E-state index in [2.05, 4.69) is 15.3 Å². The lowest BCUT2D eigenvalue weighted by Gasteiger charge is -2.14. The van der Waals surface area contributed by atoms with Gasteiger partial charge >= 0.3 is 0 Å². The molecule has 0 aliphatic carbocycles. The normalized spacial score (nSPS) is 12.4. The second-order valence-corrected chi connectivity index (χ2v) is 3.54. The van der Waals surface area contributed by atoms with Gasteiger partial charge in [-0.25, -0.2) is 9.97 Å². The van der Waals surface area contributed by atoms with Crippen LogP contribution < -0.4 is 15.8 Å². The molecule has 1 rings (SSSR count). The van der Waals surface area contributed by atoms with E-state index in [-0.39, 0.29) is 12.6 Å². The molecule has 1 heterocycles. The molecule has 4 N–H and O–H groups in total. The minimum atomic E-state index is 0.159. The molecule has 0 saturated heterocycles. The number of aliphatic hydroxyl groups is 1. The molecule has 0 aliphatic rings. The van der Waals surface area contributed by atoms with E-state index in [9.17, 15) is 0 Å². The Labute approximate surface area is 94.9 Å². The van der Waals surface area contributed by atoms with Crippen LogP contribution in [0, 0.1) is 0 Å². The van der Waals surface area contributed by atoms with Crippen LogP contribution in [0.3, 0.4) is 0 Å². The summed E-state index contributed by atoms with van der Waals surface area (Å²) in [7, 11) is 1.54. The monoisotopic (exact) mass is 226 g/mol. The lowest BCUT2D eigenvalue weighted by molar-refractivity contribution is 0.268. The van der Waals surface area contributed by atoms with Gasteiger partial charge < -0.3 is 20.9 Å². The number of hydrogen-bond acceptors (Lipinski definition) is 6. The van der Waals surface area contributed by atoms with Crippen LogP contribution in [-0.4, -0.2) is 34.8 Å². The highest BCUT2D eigenvalue weighted by atomic mass is 16.5. The molecular formula is C10H18N4O2. The number of aromatic nitrogens is 2. The van der Waals surface area contributed by atoms with E-state index >= 15 is 0 Å². The fourth-order valence-electron chi connectivity index (χ4n) is 1.32. The summed E-state index contributed by atoms with van der Waals surface area (Å²) in [6.07, 6.45) is 2.06.